The zero-order valence-corrected chi connectivity index (χ0v) is 15.7. The van der Waals surface area contributed by atoms with Crippen LogP contribution in [-0.2, 0) is 4.74 Å². The van der Waals surface area contributed by atoms with Gasteiger partial charge in [0.1, 0.15) is 18.2 Å². The fraction of sp³-hybridized carbons (Fsp3) is 0.421. The van der Waals surface area contributed by atoms with Crippen molar-refractivity contribution >= 4 is 28.8 Å². The Morgan fingerprint density at radius 3 is 2.78 bits per heavy atom. The number of ether oxygens (including phenoxy) is 2. The van der Waals surface area contributed by atoms with E-state index in [0.29, 0.717) is 40.2 Å². The molecule has 3 heterocycles. The largest absolute Gasteiger partial charge is 0.474 e. The number of nitrogens with zero attached hydrogens (tertiary/aromatic N) is 3. The topological polar surface area (TPSA) is 72.7 Å². The minimum atomic E-state index is 0.105. The average molecular weight is 386 g/mol. The molecule has 0 spiro atoms. The third-order valence-electron chi connectivity index (χ3n) is 4.86. The zero-order valence-electron chi connectivity index (χ0n) is 14.9. The minimum Gasteiger partial charge on any atom is -0.474 e. The van der Waals surface area contributed by atoms with Gasteiger partial charge in [-0.25, -0.2) is 14.8 Å². The Morgan fingerprint density at radius 1 is 1.30 bits per heavy atom. The molecule has 7 nitrogen and oxygen atoms in total. The molecule has 0 saturated carbocycles. The fourth-order valence-corrected chi connectivity index (χ4v) is 3.74. The summed E-state index contributed by atoms with van der Waals surface area (Å²) in [5.74, 6) is 1.21. The third kappa shape index (κ3) is 3.98. The van der Waals surface area contributed by atoms with Gasteiger partial charge >= 0.3 is 0 Å². The molecule has 1 unspecified atom stereocenters. The lowest BCUT2D eigenvalue weighted by atomic mass is 9.95. The van der Waals surface area contributed by atoms with E-state index in [9.17, 15) is 0 Å². The highest BCUT2D eigenvalue weighted by Crippen LogP contribution is 2.32. The van der Waals surface area contributed by atoms with Crippen LogP contribution in [0.2, 0.25) is 5.02 Å². The molecule has 8 heteroatoms. The van der Waals surface area contributed by atoms with Crippen LogP contribution in [-0.4, -0.2) is 41.4 Å². The summed E-state index contributed by atoms with van der Waals surface area (Å²) in [4.78, 5) is 12.0. The number of rotatable bonds is 4. The Kier molecular flexibility index (Phi) is 5.12. The van der Waals surface area contributed by atoms with Crippen molar-refractivity contribution in [2.45, 2.75) is 38.0 Å². The highest BCUT2D eigenvalue weighted by Gasteiger charge is 2.33. The average Bonchev–Trinajstić information content (AvgIpc) is 2.66. The Labute approximate surface area is 162 Å². The quantitative estimate of drug-likeness (QED) is 0.783. The number of halogens is 1. The smallest absolute Gasteiger partial charge is 0.221 e. The Morgan fingerprint density at radius 2 is 2.07 bits per heavy atom. The SMILES string of the molecule is [C-]#[N+]c1ccc(Nc2ncnc(O[C@@H]3CC4COC[C@@H](C3)N4)c2C)c(Cl)c1. The predicted octanol–water partition coefficient (Wildman–Crippen LogP) is 3.63. The van der Waals surface area contributed by atoms with E-state index in [0.717, 1.165) is 31.6 Å². The molecule has 140 valence electrons. The van der Waals surface area contributed by atoms with Crippen LogP contribution in [0.25, 0.3) is 4.85 Å². The summed E-state index contributed by atoms with van der Waals surface area (Å²) in [6.07, 6.45) is 3.38. The van der Waals surface area contributed by atoms with Crippen LogP contribution in [0.5, 0.6) is 5.88 Å². The number of aromatic nitrogens is 2. The first kappa shape index (κ1) is 18.0. The molecule has 4 rings (SSSR count). The Hall–Kier alpha value is -2.40. The van der Waals surface area contributed by atoms with E-state index in [2.05, 4.69) is 25.4 Å². The van der Waals surface area contributed by atoms with Gasteiger partial charge in [-0.05, 0) is 19.1 Å². The van der Waals surface area contributed by atoms with E-state index >= 15 is 0 Å². The molecule has 2 saturated heterocycles. The fourth-order valence-electron chi connectivity index (χ4n) is 3.52. The predicted molar refractivity (Wildman–Crippen MR) is 103 cm³/mol. The van der Waals surface area contributed by atoms with Crippen molar-refractivity contribution in [2.24, 2.45) is 0 Å². The lowest BCUT2D eigenvalue weighted by Gasteiger charge is -2.39. The molecule has 2 fully saturated rings. The maximum absolute atomic E-state index is 7.06. The molecule has 1 aromatic carbocycles. The maximum Gasteiger partial charge on any atom is 0.221 e. The summed E-state index contributed by atoms with van der Waals surface area (Å²) >= 11 is 6.26. The van der Waals surface area contributed by atoms with Crippen LogP contribution < -0.4 is 15.4 Å². The molecule has 2 N–H and O–H groups in total. The number of morpholine rings is 1. The number of hydrogen-bond acceptors (Lipinski definition) is 6. The summed E-state index contributed by atoms with van der Waals surface area (Å²) in [6.45, 7) is 10.4. The first-order chi connectivity index (χ1) is 13.1. The Balaban J connectivity index is 1.50. The summed E-state index contributed by atoms with van der Waals surface area (Å²) in [5, 5.41) is 7.24. The molecule has 0 amide bonds. The molecule has 2 bridgehead atoms. The molecular weight excluding hydrogens is 366 g/mol. The van der Waals surface area contributed by atoms with Crippen molar-refractivity contribution in [2.75, 3.05) is 18.5 Å². The van der Waals surface area contributed by atoms with E-state index in [-0.39, 0.29) is 6.10 Å². The third-order valence-corrected chi connectivity index (χ3v) is 5.17. The number of fused-ring (bicyclic) bond motifs is 2. The lowest BCUT2D eigenvalue weighted by molar-refractivity contribution is -0.0134. The maximum atomic E-state index is 7.06. The number of nitrogens with one attached hydrogen (secondary N) is 2. The van der Waals surface area contributed by atoms with E-state index in [1.54, 1.807) is 18.2 Å². The summed E-state index contributed by atoms with van der Waals surface area (Å²) in [6, 6.07) is 5.78. The van der Waals surface area contributed by atoms with Crippen LogP contribution in [0.4, 0.5) is 17.2 Å². The van der Waals surface area contributed by atoms with Gasteiger partial charge in [-0.1, -0.05) is 17.7 Å². The van der Waals surface area contributed by atoms with E-state index in [1.165, 1.54) is 6.33 Å². The van der Waals surface area contributed by atoms with Gasteiger partial charge in [-0.3, -0.25) is 0 Å². The zero-order chi connectivity index (χ0) is 18.8. The normalized spacial score (nSPS) is 24.1. The monoisotopic (exact) mass is 385 g/mol. The van der Waals surface area contributed by atoms with Gasteiger partial charge in [0.05, 0.1) is 36.1 Å². The van der Waals surface area contributed by atoms with Gasteiger partial charge in [-0.2, -0.15) is 0 Å². The van der Waals surface area contributed by atoms with Crippen molar-refractivity contribution in [3.63, 3.8) is 0 Å². The highest BCUT2D eigenvalue weighted by molar-refractivity contribution is 6.33. The van der Waals surface area contributed by atoms with Crippen LogP contribution in [0.1, 0.15) is 18.4 Å². The van der Waals surface area contributed by atoms with Gasteiger partial charge in [0, 0.05) is 24.9 Å². The second-order valence-corrected chi connectivity index (χ2v) is 7.27. The van der Waals surface area contributed by atoms with E-state index in [4.69, 9.17) is 27.6 Å². The van der Waals surface area contributed by atoms with Crippen molar-refractivity contribution in [3.8, 4) is 5.88 Å². The first-order valence-corrected chi connectivity index (χ1v) is 9.26. The van der Waals surface area contributed by atoms with Gasteiger partial charge in [-0.15, -0.1) is 0 Å². The standard InChI is InChI=1S/C19H20ClN5O2/c1-11-18(25-17-4-3-12(21-2)7-16(17)20)22-10-23-19(11)27-15-5-13-8-26-9-14(6-15)24-13/h3-4,7,10,13-15,24H,5-6,8-9H2,1H3,(H,22,23,25)/t13-,14?,15+/m1/s1. The van der Waals surface area contributed by atoms with Crippen molar-refractivity contribution in [1.29, 1.82) is 0 Å². The first-order valence-electron chi connectivity index (χ1n) is 8.88. The van der Waals surface area contributed by atoms with Crippen molar-refractivity contribution < 1.29 is 9.47 Å². The molecule has 2 aromatic rings. The van der Waals surface area contributed by atoms with E-state index < -0.39 is 0 Å². The molecule has 2 aliphatic rings. The van der Waals surface area contributed by atoms with Crippen molar-refractivity contribution in [1.82, 2.24) is 15.3 Å². The van der Waals surface area contributed by atoms with Crippen LogP contribution in [0.15, 0.2) is 24.5 Å². The van der Waals surface area contributed by atoms with Crippen LogP contribution >= 0.6 is 11.6 Å². The van der Waals surface area contributed by atoms with Crippen LogP contribution in [0.3, 0.4) is 0 Å². The number of benzene rings is 1. The molecule has 0 aliphatic carbocycles. The second kappa shape index (κ2) is 7.69. The molecule has 27 heavy (non-hydrogen) atoms. The summed E-state index contributed by atoms with van der Waals surface area (Å²) < 4.78 is 11.8. The highest BCUT2D eigenvalue weighted by atomic mass is 35.5. The number of hydrogen-bond donors (Lipinski definition) is 2. The number of anilines is 2. The molecule has 3 atom stereocenters. The molecular formula is C19H20ClN5O2. The molecule has 0 radical (unpaired) electrons. The Bertz CT molecular complexity index is 873. The van der Waals surface area contributed by atoms with Gasteiger partial charge in [0.25, 0.3) is 0 Å². The lowest BCUT2D eigenvalue weighted by Crippen LogP contribution is -2.56. The summed E-state index contributed by atoms with van der Waals surface area (Å²) in [5.41, 5.74) is 2.00. The number of piperidine rings is 1. The van der Waals surface area contributed by atoms with E-state index in [1.807, 2.05) is 6.92 Å². The second-order valence-electron chi connectivity index (χ2n) is 6.86. The van der Waals surface area contributed by atoms with Crippen LogP contribution in [0, 0.1) is 13.5 Å². The minimum absolute atomic E-state index is 0.105. The summed E-state index contributed by atoms with van der Waals surface area (Å²) in [7, 11) is 0. The van der Waals surface area contributed by atoms with Gasteiger partial charge in [0.2, 0.25) is 5.88 Å². The molecule has 2 aliphatic heterocycles. The van der Waals surface area contributed by atoms with Crippen molar-refractivity contribution in [3.05, 3.63) is 46.5 Å². The van der Waals surface area contributed by atoms with Gasteiger partial charge < -0.3 is 20.1 Å². The molecule has 1 aromatic heterocycles. The van der Waals surface area contributed by atoms with Gasteiger partial charge in [0.15, 0.2) is 5.69 Å².